The smallest absolute Gasteiger partial charge is 0.0462 e. The van der Waals surface area contributed by atoms with Gasteiger partial charge in [-0.25, -0.2) is 0 Å². The van der Waals surface area contributed by atoms with Gasteiger partial charge in [-0.1, -0.05) is 79.2 Å². The zero-order valence-corrected chi connectivity index (χ0v) is 20.0. The van der Waals surface area contributed by atoms with Gasteiger partial charge in [-0.15, -0.1) is 0 Å². The molecule has 0 amide bonds. The number of hydrogen-bond acceptors (Lipinski definition) is 2. The number of aryl methyl sites for hydroxylation is 1. The molecule has 1 aliphatic heterocycles. The van der Waals surface area contributed by atoms with Crippen LogP contribution in [-0.2, 0) is 11.2 Å². The summed E-state index contributed by atoms with van der Waals surface area (Å²) >= 11 is 0. The fourth-order valence-corrected chi connectivity index (χ4v) is 5.76. The third-order valence-electron chi connectivity index (χ3n) is 7.73. The number of benzene rings is 2. The Hall–Kier alpha value is -2.16. The predicted molar refractivity (Wildman–Crippen MR) is 135 cm³/mol. The van der Waals surface area contributed by atoms with E-state index in [2.05, 4.69) is 85.9 Å². The van der Waals surface area contributed by atoms with Gasteiger partial charge in [-0.2, -0.15) is 0 Å². The van der Waals surface area contributed by atoms with Crippen LogP contribution >= 0.6 is 0 Å². The third-order valence-corrected chi connectivity index (χ3v) is 7.73. The molecular formula is C30H39NO. The highest BCUT2D eigenvalue weighted by Gasteiger charge is 2.33. The second-order valence-corrected chi connectivity index (χ2v) is 9.58. The van der Waals surface area contributed by atoms with Gasteiger partial charge in [-0.05, 0) is 73.3 Å². The Kier molecular flexibility index (Phi) is 8.00. The number of ether oxygens (including phenoxy) is 1. The number of hydrogen-bond donors (Lipinski definition) is 1. The number of methoxy groups -OCH3 is 1. The molecule has 2 aromatic carbocycles. The van der Waals surface area contributed by atoms with Crippen LogP contribution in [0.2, 0.25) is 0 Å². The van der Waals surface area contributed by atoms with Crippen LogP contribution in [0, 0.1) is 11.8 Å². The minimum absolute atomic E-state index is 0.462. The Bertz CT molecular complexity index is 929. The van der Waals surface area contributed by atoms with E-state index in [4.69, 9.17) is 4.74 Å². The number of piperidine rings is 1. The first-order valence-electron chi connectivity index (χ1n) is 12.4. The van der Waals surface area contributed by atoms with Crippen molar-refractivity contribution in [2.45, 2.75) is 51.4 Å². The molecular weight excluding hydrogens is 390 g/mol. The molecule has 170 valence electrons. The van der Waals surface area contributed by atoms with Crippen molar-refractivity contribution in [3.05, 3.63) is 94.6 Å². The van der Waals surface area contributed by atoms with E-state index in [1.165, 1.54) is 29.5 Å². The van der Waals surface area contributed by atoms with E-state index in [1.807, 2.05) is 0 Å². The molecule has 32 heavy (non-hydrogen) atoms. The number of allylic oxidation sites excluding steroid dienone is 3. The number of nitrogens with one attached hydrogen (secondary N) is 1. The van der Waals surface area contributed by atoms with Crippen molar-refractivity contribution in [3.63, 3.8) is 0 Å². The lowest BCUT2D eigenvalue weighted by molar-refractivity contribution is 0.193. The maximum atomic E-state index is 5.25. The fraction of sp³-hybridized carbons (Fsp3) is 0.467. The fourth-order valence-electron chi connectivity index (χ4n) is 5.76. The first kappa shape index (κ1) is 23.0. The van der Waals surface area contributed by atoms with E-state index in [9.17, 15) is 0 Å². The van der Waals surface area contributed by atoms with Crippen LogP contribution < -0.4 is 5.32 Å². The molecule has 2 unspecified atom stereocenters. The molecule has 0 aromatic heterocycles. The zero-order valence-electron chi connectivity index (χ0n) is 20.0. The van der Waals surface area contributed by atoms with Crippen molar-refractivity contribution < 1.29 is 4.74 Å². The van der Waals surface area contributed by atoms with E-state index >= 15 is 0 Å². The van der Waals surface area contributed by atoms with E-state index in [0.717, 1.165) is 32.5 Å². The summed E-state index contributed by atoms with van der Waals surface area (Å²) in [6.07, 6.45) is 9.62. The van der Waals surface area contributed by atoms with E-state index in [1.54, 1.807) is 18.3 Å². The Balaban J connectivity index is 1.56. The summed E-state index contributed by atoms with van der Waals surface area (Å²) in [5.41, 5.74) is 7.63. The third kappa shape index (κ3) is 5.08. The Morgan fingerprint density at radius 1 is 0.969 bits per heavy atom. The van der Waals surface area contributed by atoms with E-state index < -0.39 is 0 Å². The van der Waals surface area contributed by atoms with Crippen molar-refractivity contribution >= 4 is 0 Å². The van der Waals surface area contributed by atoms with Gasteiger partial charge in [-0.3, -0.25) is 0 Å². The van der Waals surface area contributed by atoms with Crippen molar-refractivity contribution in [3.8, 4) is 0 Å². The van der Waals surface area contributed by atoms with Crippen molar-refractivity contribution in [2.75, 3.05) is 26.8 Å². The zero-order chi connectivity index (χ0) is 22.3. The topological polar surface area (TPSA) is 21.3 Å². The van der Waals surface area contributed by atoms with Crippen LogP contribution in [0.1, 0.15) is 61.6 Å². The maximum Gasteiger partial charge on any atom is 0.0462 e. The van der Waals surface area contributed by atoms with Gasteiger partial charge >= 0.3 is 0 Å². The minimum atomic E-state index is 0.462. The predicted octanol–water partition coefficient (Wildman–Crippen LogP) is 6.66. The van der Waals surface area contributed by atoms with Crippen molar-refractivity contribution in [1.82, 2.24) is 5.32 Å². The molecule has 0 bridgehead atoms. The highest BCUT2D eigenvalue weighted by Crippen LogP contribution is 2.44. The van der Waals surface area contributed by atoms with Crippen molar-refractivity contribution in [1.29, 1.82) is 0 Å². The van der Waals surface area contributed by atoms with Gasteiger partial charge in [0.1, 0.15) is 0 Å². The lowest BCUT2D eigenvalue weighted by Gasteiger charge is -2.38. The highest BCUT2D eigenvalue weighted by atomic mass is 16.5. The Morgan fingerprint density at radius 2 is 1.75 bits per heavy atom. The van der Waals surface area contributed by atoms with Crippen molar-refractivity contribution in [2.24, 2.45) is 11.8 Å². The van der Waals surface area contributed by atoms with E-state index in [0.29, 0.717) is 23.7 Å². The molecule has 1 saturated heterocycles. The van der Waals surface area contributed by atoms with Crippen LogP contribution in [-0.4, -0.2) is 26.8 Å². The first-order valence-corrected chi connectivity index (χ1v) is 12.4. The van der Waals surface area contributed by atoms with Gasteiger partial charge in [0, 0.05) is 32.1 Å². The highest BCUT2D eigenvalue weighted by molar-refractivity contribution is 5.44. The van der Waals surface area contributed by atoms with Crippen LogP contribution in [0.4, 0.5) is 0 Å². The molecule has 2 aliphatic rings. The summed E-state index contributed by atoms with van der Waals surface area (Å²) in [5, 5.41) is 3.67. The average molecular weight is 430 g/mol. The summed E-state index contributed by atoms with van der Waals surface area (Å²) in [7, 11) is 1.79. The summed E-state index contributed by atoms with van der Waals surface area (Å²) < 4.78 is 5.25. The molecule has 0 spiro atoms. The molecule has 1 N–H and O–H groups in total. The lowest BCUT2D eigenvalue weighted by Crippen LogP contribution is -2.37. The van der Waals surface area contributed by atoms with Gasteiger partial charge < -0.3 is 10.1 Å². The average Bonchev–Trinajstić information content (AvgIpc) is 2.84. The van der Waals surface area contributed by atoms with Crippen LogP contribution in [0.15, 0.2) is 77.9 Å². The monoisotopic (exact) mass is 429 g/mol. The molecule has 1 fully saturated rings. The molecule has 1 aliphatic carbocycles. The van der Waals surface area contributed by atoms with Crippen LogP contribution in [0.5, 0.6) is 0 Å². The summed E-state index contributed by atoms with van der Waals surface area (Å²) in [6.45, 7) is 7.85. The Morgan fingerprint density at radius 3 is 2.56 bits per heavy atom. The molecule has 0 saturated carbocycles. The molecule has 4 rings (SSSR count). The lowest BCUT2D eigenvalue weighted by atomic mass is 9.69. The second kappa shape index (κ2) is 11.1. The van der Waals surface area contributed by atoms with Gasteiger partial charge in [0.05, 0.1) is 0 Å². The standard InChI is InChI=1S/C30H39NO/c1-22-23(2)27(30-21-31-19-18-29(30)25-11-5-4-6-12-25)17-16-26(22)28-15-8-7-13-24(28)14-9-10-20-32-3/h4-8,11-13,15-17,22,26,29-31H,9-10,14,18-21H2,1-3H3/t22?,26?,29-,30-/m1/s1. The normalized spacial score (nSPS) is 25.8. The largest absolute Gasteiger partial charge is 0.385 e. The minimum Gasteiger partial charge on any atom is -0.385 e. The molecule has 2 heteroatoms. The SMILES string of the molecule is COCCCCc1ccccc1C1C=CC([C@H]2CNCC[C@@H]2c2ccccc2)=C(C)C1C. The van der Waals surface area contributed by atoms with E-state index in [-0.39, 0.29) is 0 Å². The van der Waals surface area contributed by atoms with Crippen LogP contribution in [0.25, 0.3) is 0 Å². The molecule has 4 atom stereocenters. The summed E-state index contributed by atoms with van der Waals surface area (Å²) in [6, 6.07) is 20.2. The maximum absolute atomic E-state index is 5.25. The van der Waals surface area contributed by atoms with Gasteiger partial charge in [0.2, 0.25) is 0 Å². The molecule has 0 radical (unpaired) electrons. The molecule has 1 heterocycles. The Labute approximate surface area is 194 Å². The quantitative estimate of drug-likeness (QED) is 0.474. The number of unbranched alkanes of at least 4 members (excludes halogenated alkanes) is 1. The van der Waals surface area contributed by atoms with Gasteiger partial charge in [0.15, 0.2) is 0 Å². The van der Waals surface area contributed by atoms with Crippen LogP contribution in [0.3, 0.4) is 0 Å². The second-order valence-electron chi connectivity index (χ2n) is 9.58. The number of rotatable bonds is 8. The molecule has 2 nitrogen and oxygen atoms in total. The first-order chi connectivity index (χ1) is 15.7. The summed E-state index contributed by atoms with van der Waals surface area (Å²) in [4.78, 5) is 0. The molecule has 2 aromatic rings. The van der Waals surface area contributed by atoms with Gasteiger partial charge in [0.25, 0.3) is 0 Å². The summed E-state index contributed by atoms with van der Waals surface area (Å²) in [5.74, 6) is 2.14.